The molecule has 1 aliphatic heterocycles. The number of carbonyl (C=O) groups excluding carboxylic acids is 1. The normalized spacial score (nSPS) is 17.1. The highest BCUT2D eigenvalue weighted by molar-refractivity contribution is 5.76. The smallest absolute Gasteiger partial charge is 0.224 e. The number of morpholine rings is 1. The second kappa shape index (κ2) is 6.73. The van der Waals surface area contributed by atoms with Crippen LogP contribution in [0.1, 0.15) is 6.42 Å². The fraction of sp³-hybridized carbons (Fsp3) is 0.889. The zero-order valence-corrected chi connectivity index (χ0v) is 8.30. The van der Waals surface area contributed by atoms with Crippen molar-refractivity contribution in [2.24, 2.45) is 0 Å². The van der Waals surface area contributed by atoms with Gasteiger partial charge in [-0.25, -0.2) is 4.39 Å². The van der Waals surface area contributed by atoms with Crippen LogP contribution >= 0.6 is 0 Å². The molecule has 1 fully saturated rings. The zero-order valence-electron chi connectivity index (χ0n) is 8.30. The number of nitrogens with one attached hydrogen (secondary N) is 1. The summed E-state index contributed by atoms with van der Waals surface area (Å²) in [6, 6.07) is 0. The molecule has 0 unspecified atom stereocenters. The van der Waals surface area contributed by atoms with Gasteiger partial charge in [-0.15, -0.1) is 0 Å². The summed E-state index contributed by atoms with van der Waals surface area (Å²) >= 11 is 0. The standard InChI is InChI=1S/C9H17FN2O2/c10-2-4-11-3-1-9(13)12-5-7-14-8-6-12/h11H,1-8H2. The van der Waals surface area contributed by atoms with Crippen molar-refractivity contribution in [3.8, 4) is 0 Å². The molecule has 1 amide bonds. The maximum Gasteiger partial charge on any atom is 0.224 e. The van der Waals surface area contributed by atoms with Gasteiger partial charge in [0.15, 0.2) is 0 Å². The number of carbonyl (C=O) groups is 1. The summed E-state index contributed by atoms with van der Waals surface area (Å²) in [5.74, 6) is 0.125. The van der Waals surface area contributed by atoms with Crippen LogP contribution in [-0.4, -0.2) is 56.9 Å². The minimum absolute atomic E-state index is 0.125. The molecule has 82 valence electrons. The van der Waals surface area contributed by atoms with Gasteiger partial charge in [0.25, 0.3) is 0 Å². The Kier molecular flexibility index (Phi) is 5.47. The zero-order chi connectivity index (χ0) is 10.2. The van der Waals surface area contributed by atoms with E-state index in [-0.39, 0.29) is 12.6 Å². The van der Waals surface area contributed by atoms with E-state index in [2.05, 4.69) is 5.32 Å². The van der Waals surface area contributed by atoms with Gasteiger partial charge in [-0.2, -0.15) is 0 Å². The first kappa shape index (κ1) is 11.4. The molecule has 0 spiro atoms. The average molecular weight is 204 g/mol. The quantitative estimate of drug-likeness (QED) is 0.630. The molecule has 0 bridgehead atoms. The van der Waals surface area contributed by atoms with E-state index in [0.717, 1.165) is 0 Å². The van der Waals surface area contributed by atoms with E-state index >= 15 is 0 Å². The lowest BCUT2D eigenvalue weighted by molar-refractivity contribution is -0.135. The highest BCUT2D eigenvalue weighted by Crippen LogP contribution is 1.99. The summed E-state index contributed by atoms with van der Waals surface area (Å²) in [7, 11) is 0. The molecule has 0 atom stereocenters. The molecular formula is C9H17FN2O2. The van der Waals surface area contributed by atoms with Crippen LogP contribution in [0, 0.1) is 0 Å². The summed E-state index contributed by atoms with van der Waals surface area (Å²) in [5, 5.41) is 2.85. The average Bonchev–Trinajstić information content (AvgIpc) is 2.25. The fourth-order valence-corrected chi connectivity index (χ4v) is 1.36. The van der Waals surface area contributed by atoms with Crippen molar-refractivity contribution in [1.29, 1.82) is 0 Å². The number of hydrogen-bond donors (Lipinski definition) is 1. The van der Waals surface area contributed by atoms with Crippen molar-refractivity contribution in [2.75, 3.05) is 46.1 Å². The first-order valence-electron chi connectivity index (χ1n) is 4.97. The van der Waals surface area contributed by atoms with Gasteiger partial charge in [0, 0.05) is 32.6 Å². The Morgan fingerprint density at radius 2 is 2.07 bits per heavy atom. The molecule has 0 saturated carbocycles. The van der Waals surface area contributed by atoms with Gasteiger partial charge in [0.1, 0.15) is 6.67 Å². The maximum absolute atomic E-state index is 11.7. The number of nitrogens with zero attached hydrogens (tertiary/aromatic N) is 1. The molecule has 1 saturated heterocycles. The van der Waals surface area contributed by atoms with E-state index in [1.54, 1.807) is 4.90 Å². The first-order valence-corrected chi connectivity index (χ1v) is 4.97. The van der Waals surface area contributed by atoms with E-state index in [1.807, 2.05) is 0 Å². The number of amides is 1. The first-order chi connectivity index (χ1) is 6.84. The summed E-state index contributed by atoms with van der Waals surface area (Å²) in [4.78, 5) is 13.3. The lowest BCUT2D eigenvalue weighted by Gasteiger charge is -2.26. The number of rotatable bonds is 5. The lowest BCUT2D eigenvalue weighted by Crippen LogP contribution is -2.41. The Hall–Kier alpha value is -0.680. The van der Waals surface area contributed by atoms with Gasteiger partial charge in [-0.3, -0.25) is 4.79 Å². The van der Waals surface area contributed by atoms with E-state index in [0.29, 0.717) is 45.8 Å². The third-order valence-electron chi connectivity index (χ3n) is 2.15. The molecule has 0 aromatic heterocycles. The number of alkyl halides is 1. The second-order valence-electron chi connectivity index (χ2n) is 3.18. The predicted octanol–water partition coefficient (Wildman–Crippen LogP) is -0.206. The van der Waals surface area contributed by atoms with Crippen molar-refractivity contribution < 1.29 is 13.9 Å². The molecule has 0 radical (unpaired) electrons. The molecule has 1 rings (SSSR count). The van der Waals surface area contributed by atoms with Crippen LogP contribution in [0.3, 0.4) is 0 Å². The Morgan fingerprint density at radius 1 is 1.36 bits per heavy atom. The van der Waals surface area contributed by atoms with Crippen molar-refractivity contribution in [3.63, 3.8) is 0 Å². The molecule has 5 heteroatoms. The van der Waals surface area contributed by atoms with Crippen LogP contribution in [0.15, 0.2) is 0 Å². The van der Waals surface area contributed by atoms with Gasteiger partial charge in [-0.05, 0) is 0 Å². The van der Waals surface area contributed by atoms with Crippen LogP contribution in [0.5, 0.6) is 0 Å². The Bertz CT molecular complexity index is 172. The Labute approximate surface area is 83.4 Å². The highest BCUT2D eigenvalue weighted by atomic mass is 19.1. The second-order valence-corrected chi connectivity index (χ2v) is 3.18. The van der Waals surface area contributed by atoms with Crippen molar-refractivity contribution in [3.05, 3.63) is 0 Å². The SMILES string of the molecule is O=C(CCNCCF)N1CCOCC1. The summed E-state index contributed by atoms with van der Waals surface area (Å²) in [5.41, 5.74) is 0. The topological polar surface area (TPSA) is 41.6 Å². The maximum atomic E-state index is 11.7. The Morgan fingerprint density at radius 3 is 2.71 bits per heavy atom. The molecule has 0 aromatic rings. The van der Waals surface area contributed by atoms with Gasteiger partial charge in [-0.1, -0.05) is 0 Å². The monoisotopic (exact) mass is 204 g/mol. The third kappa shape index (κ3) is 4.02. The van der Waals surface area contributed by atoms with Crippen molar-refractivity contribution >= 4 is 5.91 Å². The highest BCUT2D eigenvalue weighted by Gasteiger charge is 2.15. The molecule has 1 N–H and O–H groups in total. The Balaban J connectivity index is 2.07. The largest absolute Gasteiger partial charge is 0.378 e. The van der Waals surface area contributed by atoms with Crippen LogP contribution in [0.25, 0.3) is 0 Å². The minimum atomic E-state index is -0.383. The fourth-order valence-electron chi connectivity index (χ4n) is 1.36. The molecule has 4 nitrogen and oxygen atoms in total. The number of halogens is 1. The predicted molar refractivity (Wildman–Crippen MR) is 50.9 cm³/mol. The van der Waals surface area contributed by atoms with Crippen molar-refractivity contribution in [1.82, 2.24) is 10.2 Å². The van der Waals surface area contributed by atoms with Gasteiger partial charge < -0.3 is 15.0 Å². The molecule has 1 heterocycles. The number of ether oxygens (including phenoxy) is 1. The number of hydrogen-bond acceptors (Lipinski definition) is 3. The molecule has 0 aliphatic carbocycles. The molecule has 0 aromatic carbocycles. The summed E-state index contributed by atoms with van der Waals surface area (Å²) in [6.07, 6.45) is 0.444. The van der Waals surface area contributed by atoms with Crippen LogP contribution in [-0.2, 0) is 9.53 Å². The molecule has 1 aliphatic rings. The molecule has 14 heavy (non-hydrogen) atoms. The van der Waals surface area contributed by atoms with Crippen molar-refractivity contribution in [2.45, 2.75) is 6.42 Å². The minimum Gasteiger partial charge on any atom is -0.378 e. The molecular weight excluding hydrogens is 187 g/mol. The van der Waals surface area contributed by atoms with Gasteiger partial charge in [0.2, 0.25) is 5.91 Å². The summed E-state index contributed by atoms with van der Waals surface area (Å²) in [6.45, 7) is 3.12. The van der Waals surface area contributed by atoms with E-state index in [9.17, 15) is 9.18 Å². The van der Waals surface area contributed by atoms with Gasteiger partial charge in [0.05, 0.1) is 13.2 Å². The van der Waals surface area contributed by atoms with Crippen LogP contribution in [0.2, 0.25) is 0 Å². The third-order valence-corrected chi connectivity index (χ3v) is 2.15. The van der Waals surface area contributed by atoms with Crippen LogP contribution in [0.4, 0.5) is 4.39 Å². The van der Waals surface area contributed by atoms with Crippen LogP contribution < -0.4 is 5.32 Å². The van der Waals surface area contributed by atoms with Gasteiger partial charge >= 0.3 is 0 Å². The summed E-state index contributed by atoms with van der Waals surface area (Å²) < 4.78 is 16.8. The lowest BCUT2D eigenvalue weighted by atomic mass is 10.3. The van der Waals surface area contributed by atoms with E-state index < -0.39 is 0 Å². The van der Waals surface area contributed by atoms with E-state index in [4.69, 9.17) is 4.74 Å². The van der Waals surface area contributed by atoms with E-state index in [1.165, 1.54) is 0 Å².